The van der Waals surface area contributed by atoms with Gasteiger partial charge in [0.05, 0.1) is 7.11 Å². The Morgan fingerprint density at radius 2 is 1.74 bits per heavy atom. The first kappa shape index (κ1) is 13.6. The number of nitrogens with one attached hydrogen (secondary N) is 1. The van der Waals surface area contributed by atoms with Crippen molar-refractivity contribution in [2.75, 3.05) is 14.2 Å². The maximum absolute atomic E-state index is 5.43. The molecule has 0 aliphatic heterocycles. The summed E-state index contributed by atoms with van der Waals surface area (Å²) in [7, 11) is 3.73. The molecule has 2 heteroatoms. The molecular formula is C17H21NO. The Bertz CT molecular complexity index is 536. The van der Waals surface area contributed by atoms with Gasteiger partial charge in [-0.1, -0.05) is 42.5 Å². The second-order valence-corrected chi connectivity index (χ2v) is 4.71. The molecule has 2 aromatic rings. The Labute approximate surface area is 115 Å². The molecule has 0 spiro atoms. The van der Waals surface area contributed by atoms with Gasteiger partial charge in [0.2, 0.25) is 0 Å². The molecule has 0 amide bonds. The average Bonchev–Trinajstić information content (AvgIpc) is 2.46. The van der Waals surface area contributed by atoms with Crippen LogP contribution >= 0.6 is 0 Å². The van der Waals surface area contributed by atoms with E-state index in [9.17, 15) is 0 Å². The van der Waals surface area contributed by atoms with Crippen LogP contribution in [0.25, 0.3) is 0 Å². The lowest BCUT2D eigenvalue weighted by Crippen LogP contribution is -2.20. The lowest BCUT2D eigenvalue weighted by molar-refractivity contribution is 0.406. The van der Waals surface area contributed by atoms with Gasteiger partial charge in [0.25, 0.3) is 0 Å². The van der Waals surface area contributed by atoms with Gasteiger partial charge in [-0.3, -0.25) is 0 Å². The highest BCUT2D eigenvalue weighted by Crippen LogP contribution is 2.26. The van der Waals surface area contributed by atoms with Crippen LogP contribution in [-0.2, 0) is 6.42 Å². The third-order valence-corrected chi connectivity index (χ3v) is 3.53. The van der Waals surface area contributed by atoms with Crippen LogP contribution in [0.4, 0.5) is 0 Å². The fourth-order valence-corrected chi connectivity index (χ4v) is 2.44. The van der Waals surface area contributed by atoms with E-state index in [2.05, 4.69) is 48.6 Å². The number of ether oxygens (including phenoxy) is 1. The zero-order valence-corrected chi connectivity index (χ0v) is 11.8. The second-order valence-electron chi connectivity index (χ2n) is 4.71. The predicted octanol–water partition coefficient (Wildman–Crippen LogP) is 3.51. The van der Waals surface area contributed by atoms with Crippen molar-refractivity contribution in [1.29, 1.82) is 0 Å². The Morgan fingerprint density at radius 1 is 1.05 bits per heavy atom. The molecule has 0 fully saturated rings. The minimum absolute atomic E-state index is 0.303. The summed E-state index contributed by atoms with van der Waals surface area (Å²) in [6.45, 7) is 2.15. The molecule has 2 nitrogen and oxygen atoms in total. The minimum atomic E-state index is 0.303. The summed E-state index contributed by atoms with van der Waals surface area (Å²) < 4.78 is 5.43. The van der Waals surface area contributed by atoms with Crippen LogP contribution < -0.4 is 10.1 Å². The van der Waals surface area contributed by atoms with Gasteiger partial charge in [0.1, 0.15) is 5.75 Å². The lowest BCUT2D eigenvalue weighted by Gasteiger charge is -2.20. The first-order valence-corrected chi connectivity index (χ1v) is 6.61. The summed E-state index contributed by atoms with van der Waals surface area (Å²) in [6.07, 6.45) is 0.922. The van der Waals surface area contributed by atoms with Crippen molar-refractivity contribution in [2.45, 2.75) is 19.4 Å². The molecule has 0 aromatic heterocycles. The minimum Gasteiger partial charge on any atom is -0.496 e. The Hall–Kier alpha value is -1.80. The number of para-hydroxylation sites is 1. The SMILES string of the molecule is CNC(Cc1ccccc1OC)c1ccccc1C. The number of hydrogen-bond acceptors (Lipinski definition) is 2. The summed E-state index contributed by atoms with van der Waals surface area (Å²) in [6, 6.07) is 17.0. The molecule has 0 bridgehead atoms. The maximum atomic E-state index is 5.43. The zero-order chi connectivity index (χ0) is 13.7. The molecule has 2 aromatic carbocycles. The summed E-state index contributed by atoms with van der Waals surface area (Å²) in [5.74, 6) is 0.955. The standard InChI is InChI=1S/C17H21NO/c1-13-8-4-6-10-15(13)16(18-2)12-14-9-5-7-11-17(14)19-3/h4-11,16,18H,12H2,1-3H3. The van der Waals surface area contributed by atoms with Gasteiger partial charge in [-0.25, -0.2) is 0 Å². The van der Waals surface area contributed by atoms with Crippen LogP contribution in [0.1, 0.15) is 22.7 Å². The number of methoxy groups -OCH3 is 1. The van der Waals surface area contributed by atoms with Crippen molar-refractivity contribution >= 4 is 0 Å². The molecule has 0 aliphatic carbocycles. The number of benzene rings is 2. The molecule has 1 N–H and O–H groups in total. The fraction of sp³-hybridized carbons (Fsp3) is 0.294. The van der Waals surface area contributed by atoms with Crippen LogP contribution in [0.5, 0.6) is 5.75 Å². The Morgan fingerprint density at radius 3 is 2.42 bits per heavy atom. The number of likely N-dealkylation sites (N-methyl/N-ethyl adjacent to an activating group) is 1. The quantitative estimate of drug-likeness (QED) is 0.883. The fourth-order valence-electron chi connectivity index (χ4n) is 2.44. The van der Waals surface area contributed by atoms with Crippen molar-refractivity contribution in [1.82, 2.24) is 5.32 Å². The van der Waals surface area contributed by atoms with Gasteiger partial charge in [0.15, 0.2) is 0 Å². The van der Waals surface area contributed by atoms with E-state index >= 15 is 0 Å². The maximum Gasteiger partial charge on any atom is 0.122 e. The summed E-state index contributed by atoms with van der Waals surface area (Å²) >= 11 is 0. The van der Waals surface area contributed by atoms with E-state index in [1.54, 1.807) is 7.11 Å². The summed E-state index contributed by atoms with van der Waals surface area (Å²) in [5.41, 5.74) is 3.89. The van der Waals surface area contributed by atoms with Gasteiger partial charge in [-0.05, 0) is 43.1 Å². The molecule has 0 saturated carbocycles. The molecule has 1 atom stereocenters. The largest absolute Gasteiger partial charge is 0.496 e. The van der Waals surface area contributed by atoms with Crippen molar-refractivity contribution in [2.24, 2.45) is 0 Å². The van der Waals surface area contributed by atoms with E-state index in [-0.39, 0.29) is 0 Å². The van der Waals surface area contributed by atoms with Crippen LogP contribution in [0.15, 0.2) is 48.5 Å². The van der Waals surface area contributed by atoms with E-state index in [0.717, 1.165) is 12.2 Å². The molecule has 100 valence electrons. The highest BCUT2D eigenvalue weighted by molar-refractivity contribution is 5.36. The van der Waals surface area contributed by atoms with Gasteiger partial charge in [0, 0.05) is 6.04 Å². The third kappa shape index (κ3) is 3.15. The highest BCUT2D eigenvalue weighted by Gasteiger charge is 2.14. The van der Waals surface area contributed by atoms with Gasteiger partial charge < -0.3 is 10.1 Å². The van der Waals surface area contributed by atoms with Crippen LogP contribution in [0.2, 0.25) is 0 Å². The molecule has 0 saturated heterocycles. The smallest absolute Gasteiger partial charge is 0.122 e. The van der Waals surface area contributed by atoms with E-state index < -0.39 is 0 Å². The number of aryl methyl sites for hydroxylation is 1. The van der Waals surface area contributed by atoms with E-state index in [1.165, 1.54) is 16.7 Å². The van der Waals surface area contributed by atoms with Gasteiger partial charge in [-0.15, -0.1) is 0 Å². The number of hydrogen-bond donors (Lipinski definition) is 1. The average molecular weight is 255 g/mol. The first-order valence-electron chi connectivity index (χ1n) is 6.61. The van der Waals surface area contributed by atoms with Crippen molar-refractivity contribution < 1.29 is 4.74 Å². The summed E-state index contributed by atoms with van der Waals surface area (Å²) in [4.78, 5) is 0. The van der Waals surface area contributed by atoms with Gasteiger partial charge in [-0.2, -0.15) is 0 Å². The predicted molar refractivity (Wildman–Crippen MR) is 79.7 cm³/mol. The van der Waals surface area contributed by atoms with Crippen molar-refractivity contribution in [3.63, 3.8) is 0 Å². The lowest BCUT2D eigenvalue weighted by atomic mass is 9.95. The third-order valence-electron chi connectivity index (χ3n) is 3.53. The van der Waals surface area contributed by atoms with E-state index in [1.807, 2.05) is 19.2 Å². The van der Waals surface area contributed by atoms with Gasteiger partial charge >= 0.3 is 0 Å². The monoisotopic (exact) mass is 255 g/mol. The van der Waals surface area contributed by atoms with E-state index in [4.69, 9.17) is 4.74 Å². The molecule has 0 aliphatic rings. The van der Waals surface area contributed by atoms with Crippen molar-refractivity contribution in [3.05, 3.63) is 65.2 Å². The Kier molecular flexibility index (Phi) is 4.58. The molecule has 0 radical (unpaired) electrons. The highest BCUT2D eigenvalue weighted by atomic mass is 16.5. The number of rotatable bonds is 5. The van der Waals surface area contributed by atoms with Crippen LogP contribution in [0.3, 0.4) is 0 Å². The normalized spacial score (nSPS) is 12.2. The van der Waals surface area contributed by atoms with Crippen LogP contribution in [-0.4, -0.2) is 14.2 Å². The van der Waals surface area contributed by atoms with E-state index in [0.29, 0.717) is 6.04 Å². The zero-order valence-electron chi connectivity index (χ0n) is 11.8. The molecular weight excluding hydrogens is 234 g/mol. The summed E-state index contributed by atoms with van der Waals surface area (Å²) in [5, 5.41) is 3.40. The molecule has 19 heavy (non-hydrogen) atoms. The molecule has 2 rings (SSSR count). The second kappa shape index (κ2) is 6.39. The molecule has 0 heterocycles. The van der Waals surface area contributed by atoms with Crippen LogP contribution in [0, 0.1) is 6.92 Å². The Balaban J connectivity index is 2.27. The molecule has 1 unspecified atom stereocenters. The first-order chi connectivity index (χ1) is 9.26. The topological polar surface area (TPSA) is 21.3 Å². The van der Waals surface area contributed by atoms with Crippen molar-refractivity contribution in [3.8, 4) is 5.75 Å².